The summed E-state index contributed by atoms with van der Waals surface area (Å²) in [7, 11) is 0. The highest BCUT2D eigenvalue weighted by molar-refractivity contribution is 5.97. The first kappa shape index (κ1) is 13.7. The quantitative estimate of drug-likeness (QED) is 0.759. The fourth-order valence-electron chi connectivity index (χ4n) is 5.02. The van der Waals surface area contributed by atoms with E-state index in [2.05, 4.69) is 13.8 Å². The van der Waals surface area contributed by atoms with Crippen LogP contribution < -0.4 is 5.43 Å². The first-order valence-corrected chi connectivity index (χ1v) is 7.77. The van der Waals surface area contributed by atoms with E-state index in [0.717, 1.165) is 25.7 Å². The fraction of sp³-hybridized carbons (Fsp3) is 0.625. The Labute approximate surface area is 128 Å². The lowest BCUT2D eigenvalue weighted by atomic mass is 9.75. The van der Waals surface area contributed by atoms with Gasteiger partial charge in [0.15, 0.2) is 17.2 Å². The monoisotopic (exact) mass is 304 g/mol. The molecule has 1 saturated carbocycles. The van der Waals surface area contributed by atoms with Gasteiger partial charge < -0.3 is 19.7 Å². The molecule has 1 aromatic rings. The number of pyridine rings is 1. The molecule has 0 unspecified atom stereocenters. The Bertz CT molecular complexity index is 755. The van der Waals surface area contributed by atoms with Gasteiger partial charge in [-0.05, 0) is 31.6 Å². The van der Waals surface area contributed by atoms with Crippen LogP contribution in [0, 0.1) is 5.41 Å². The molecule has 3 atom stereocenters. The van der Waals surface area contributed by atoms with Crippen LogP contribution in [0.15, 0.2) is 11.0 Å². The van der Waals surface area contributed by atoms with Gasteiger partial charge in [-0.1, -0.05) is 13.3 Å². The predicted molar refractivity (Wildman–Crippen MR) is 79.0 cm³/mol. The number of rotatable bonds is 0. The Hall–Kier alpha value is -1.98. The molecule has 3 aliphatic rings. The van der Waals surface area contributed by atoms with E-state index in [4.69, 9.17) is 0 Å². The molecule has 3 heterocycles. The van der Waals surface area contributed by atoms with Gasteiger partial charge in [-0.2, -0.15) is 0 Å². The number of aromatic nitrogens is 1. The van der Waals surface area contributed by atoms with Crippen molar-refractivity contribution in [1.29, 1.82) is 0 Å². The second-order valence-electron chi connectivity index (χ2n) is 7.41. The zero-order valence-electron chi connectivity index (χ0n) is 12.8. The first-order chi connectivity index (χ1) is 10.3. The molecule has 4 rings (SSSR count). The SMILES string of the molecule is C[C@]12CCC[C@@]1(C)N1C(=O)c3c(O)c(=O)c(O)cn3C[C@@H]1C2. The molecule has 1 saturated heterocycles. The Morgan fingerprint density at radius 2 is 1.95 bits per heavy atom. The smallest absolute Gasteiger partial charge is 0.275 e. The third-order valence-corrected chi connectivity index (χ3v) is 6.34. The summed E-state index contributed by atoms with van der Waals surface area (Å²) in [4.78, 5) is 26.7. The fourth-order valence-corrected chi connectivity index (χ4v) is 5.02. The average molecular weight is 304 g/mol. The Balaban J connectivity index is 1.90. The molecule has 1 amide bonds. The Kier molecular flexibility index (Phi) is 2.40. The van der Waals surface area contributed by atoms with Gasteiger partial charge >= 0.3 is 0 Å². The summed E-state index contributed by atoms with van der Waals surface area (Å²) in [6, 6.07) is 0.0524. The lowest BCUT2D eigenvalue weighted by Crippen LogP contribution is -2.55. The van der Waals surface area contributed by atoms with Crippen LogP contribution in [0.25, 0.3) is 0 Å². The van der Waals surface area contributed by atoms with E-state index in [0.29, 0.717) is 6.54 Å². The number of amides is 1. The minimum Gasteiger partial charge on any atom is -0.503 e. The van der Waals surface area contributed by atoms with Gasteiger partial charge in [0.2, 0.25) is 0 Å². The average Bonchev–Trinajstić information content (AvgIpc) is 2.82. The van der Waals surface area contributed by atoms with E-state index in [1.807, 2.05) is 4.90 Å². The maximum Gasteiger partial charge on any atom is 0.275 e. The summed E-state index contributed by atoms with van der Waals surface area (Å²) < 4.78 is 1.53. The molecular weight excluding hydrogens is 284 g/mol. The number of aromatic hydroxyl groups is 2. The molecule has 6 nitrogen and oxygen atoms in total. The highest BCUT2D eigenvalue weighted by Crippen LogP contribution is 2.59. The minimum absolute atomic E-state index is 0.0106. The van der Waals surface area contributed by atoms with Crippen molar-refractivity contribution in [3.05, 3.63) is 22.1 Å². The molecule has 118 valence electrons. The second kappa shape index (κ2) is 3.86. The number of carbonyl (C=O) groups excluding carboxylic acids is 1. The van der Waals surface area contributed by atoms with E-state index in [1.165, 1.54) is 10.8 Å². The summed E-state index contributed by atoms with van der Waals surface area (Å²) in [5, 5.41) is 19.7. The van der Waals surface area contributed by atoms with E-state index < -0.39 is 16.9 Å². The van der Waals surface area contributed by atoms with Crippen LogP contribution in [-0.2, 0) is 6.54 Å². The van der Waals surface area contributed by atoms with Crippen molar-refractivity contribution in [3.63, 3.8) is 0 Å². The minimum atomic E-state index is -0.878. The molecule has 22 heavy (non-hydrogen) atoms. The lowest BCUT2D eigenvalue weighted by molar-refractivity contribution is 0.0328. The van der Waals surface area contributed by atoms with E-state index in [9.17, 15) is 19.8 Å². The van der Waals surface area contributed by atoms with Gasteiger partial charge in [-0.15, -0.1) is 0 Å². The highest BCUT2D eigenvalue weighted by Gasteiger charge is 2.62. The first-order valence-electron chi connectivity index (χ1n) is 7.77. The van der Waals surface area contributed by atoms with Crippen LogP contribution in [0.3, 0.4) is 0 Å². The molecule has 0 radical (unpaired) electrons. The zero-order valence-corrected chi connectivity index (χ0v) is 12.8. The molecule has 2 N–H and O–H groups in total. The molecule has 0 bridgehead atoms. The predicted octanol–water partition coefficient (Wildman–Crippen LogP) is 1.44. The highest BCUT2D eigenvalue weighted by atomic mass is 16.3. The van der Waals surface area contributed by atoms with Crippen LogP contribution >= 0.6 is 0 Å². The van der Waals surface area contributed by atoms with Gasteiger partial charge in [0.25, 0.3) is 11.3 Å². The number of fused-ring (bicyclic) bond motifs is 4. The molecule has 2 fully saturated rings. The number of hydrogen-bond acceptors (Lipinski definition) is 4. The van der Waals surface area contributed by atoms with Crippen molar-refractivity contribution in [3.8, 4) is 11.5 Å². The lowest BCUT2D eigenvalue weighted by Gasteiger charge is -2.44. The van der Waals surface area contributed by atoms with E-state index in [-0.39, 0.29) is 28.6 Å². The van der Waals surface area contributed by atoms with Crippen molar-refractivity contribution in [1.82, 2.24) is 9.47 Å². The summed E-state index contributed by atoms with van der Waals surface area (Å²) in [5.74, 6) is -1.45. The summed E-state index contributed by atoms with van der Waals surface area (Å²) in [6.07, 6.45) is 5.33. The van der Waals surface area contributed by atoms with Crippen LogP contribution in [-0.4, -0.2) is 37.2 Å². The summed E-state index contributed by atoms with van der Waals surface area (Å²) in [5.41, 5.74) is -1.01. The second-order valence-corrected chi connectivity index (χ2v) is 7.41. The van der Waals surface area contributed by atoms with Crippen molar-refractivity contribution >= 4 is 5.91 Å². The maximum atomic E-state index is 13.0. The van der Waals surface area contributed by atoms with Crippen LogP contribution in [0.4, 0.5) is 0 Å². The number of nitrogens with zero attached hydrogens (tertiary/aromatic N) is 2. The maximum absolute atomic E-state index is 13.0. The Morgan fingerprint density at radius 3 is 2.68 bits per heavy atom. The van der Waals surface area contributed by atoms with Gasteiger partial charge in [0.1, 0.15) is 0 Å². The number of carbonyl (C=O) groups is 1. The molecule has 0 spiro atoms. The number of hydrogen-bond donors (Lipinski definition) is 2. The Morgan fingerprint density at radius 1 is 1.23 bits per heavy atom. The molecule has 2 aliphatic heterocycles. The van der Waals surface area contributed by atoms with Gasteiger partial charge in [0.05, 0.1) is 12.2 Å². The largest absolute Gasteiger partial charge is 0.503 e. The van der Waals surface area contributed by atoms with Crippen LogP contribution in [0.1, 0.15) is 50.0 Å². The zero-order chi connectivity index (χ0) is 15.9. The normalized spacial score (nSPS) is 36.2. The molecule has 1 aromatic heterocycles. The standard InChI is InChI=1S/C16H20N2O4/c1-15-4-3-5-16(15,2)18-9(6-15)7-17-8-10(19)12(20)13(21)11(17)14(18)22/h8-9,19,21H,3-7H2,1-2H3/t9-,15+,16+/m0/s1. The third kappa shape index (κ3) is 1.36. The van der Waals surface area contributed by atoms with Crippen molar-refractivity contribution < 1.29 is 15.0 Å². The van der Waals surface area contributed by atoms with E-state index >= 15 is 0 Å². The summed E-state index contributed by atoms with van der Waals surface area (Å²) in [6.45, 7) is 4.87. The van der Waals surface area contributed by atoms with Gasteiger partial charge in [-0.3, -0.25) is 9.59 Å². The van der Waals surface area contributed by atoms with Crippen molar-refractivity contribution in [2.45, 2.75) is 57.7 Å². The van der Waals surface area contributed by atoms with Crippen LogP contribution in [0.5, 0.6) is 11.5 Å². The third-order valence-electron chi connectivity index (χ3n) is 6.34. The van der Waals surface area contributed by atoms with E-state index in [1.54, 1.807) is 0 Å². The summed E-state index contributed by atoms with van der Waals surface area (Å²) >= 11 is 0. The van der Waals surface area contributed by atoms with Crippen molar-refractivity contribution in [2.75, 3.05) is 0 Å². The molecular formula is C16H20N2O4. The van der Waals surface area contributed by atoms with Crippen molar-refractivity contribution in [2.24, 2.45) is 5.41 Å². The van der Waals surface area contributed by atoms with Gasteiger partial charge in [-0.25, -0.2) is 0 Å². The molecule has 6 heteroatoms. The topological polar surface area (TPSA) is 82.8 Å². The molecule has 0 aromatic carbocycles. The molecule has 1 aliphatic carbocycles. The van der Waals surface area contributed by atoms with Crippen LogP contribution in [0.2, 0.25) is 0 Å². The van der Waals surface area contributed by atoms with Gasteiger partial charge in [0, 0.05) is 12.1 Å².